The summed E-state index contributed by atoms with van der Waals surface area (Å²) in [5.74, 6) is 0. The van der Waals surface area contributed by atoms with Crippen LogP contribution in [-0.4, -0.2) is 0 Å². The van der Waals surface area contributed by atoms with E-state index >= 15 is 0 Å². The van der Waals surface area contributed by atoms with Gasteiger partial charge in [0.25, 0.3) is 0 Å². The van der Waals surface area contributed by atoms with Gasteiger partial charge in [-0.3, -0.25) is 5.32 Å². The zero-order valence-electron chi connectivity index (χ0n) is 13.1. The summed E-state index contributed by atoms with van der Waals surface area (Å²) in [5.41, 5.74) is 3.21. The van der Waals surface area contributed by atoms with Crippen molar-refractivity contribution in [2.45, 2.75) is 12.1 Å². The molecule has 0 bridgehead atoms. The van der Waals surface area contributed by atoms with Crippen LogP contribution < -0.4 is 5.32 Å². The highest BCUT2D eigenvalue weighted by Gasteiger charge is 2.21. The van der Waals surface area contributed by atoms with Crippen LogP contribution in [0.1, 0.15) is 28.8 Å². The molecular formula is C21H17BrN2. The Bertz CT molecular complexity index is 786. The Balaban J connectivity index is 1.98. The first-order valence-electron chi connectivity index (χ1n) is 7.79. The molecule has 0 radical (unpaired) electrons. The number of hydrogen-bond donors (Lipinski definition) is 1. The molecule has 3 heteroatoms. The van der Waals surface area contributed by atoms with Gasteiger partial charge >= 0.3 is 0 Å². The second-order valence-electron chi connectivity index (χ2n) is 5.50. The van der Waals surface area contributed by atoms with Crippen LogP contribution in [0.3, 0.4) is 0 Å². The molecule has 0 spiro atoms. The number of rotatable bonds is 5. The Hall–Kier alpha value is -2.41. The minimum atomic E-state index is -0.411. The van der Waals surface area contributed by atoms with Gasteiger partial charge < -0.3 is 0 Å². The summed E-state index contributed by atoms with van der Waals surface area (Å²) in [6.07, 6.45) is 0. The van der Waals surface area contributed by atoms with Crippen LogP contribution in [0.15, 0.2) is 89.4 Å². The van der Waals surface area contributed by atoms with Crippen molar-refractivity contribution in [3.63, 3.8) is 0 Å². The highest BCUT2D eigenvalue weighted by molar-refractivity contribution is 9.10. The molecule has 0 aliphatic carbocycles. The van der Waals surface area contributed by atoms with Crippen molar-refractivity contribution in [3.05, 3.63) is 106 Å². The first-order chi connectivity index (χ1) is 11.8. The van der Waals surface area contributed by atoms with Crippen LogP contribution in [0.4, 0.5) is 0 Å². The van der Waals surface area contributed by atoms with Crippen molar-refractivity contribution in [2.24, 2.45) is 0 Å². The third-order valence-electron chi connectivity index (χ3n) is 3.94. The van der Waals surface area contributed by atoms with Crippen LogP contribution >= 0.6 is 15.9 Å². The van der Waals surface area contributed by atoms with E-state index < -0.39 is 6.04 Å². The lowest BCUT2D eigenvalue weighted by Crippen LogP contribution is -2.26. The molecular weight excluding hydrogens is 360 g/mol. The Morgan fingerprint density at radius 1 is 0.750 bits per heavy atom. The molecule has 0 aromatic heterocycles. The first kappa shape index (κ1) is 16.4. The van der Waals surface area contributed by atoms with E-state index in [1.807, 2.05) is 60.7 Å². The summed E-state index contributed by atoms with van der Waals surface area (Å²) in [6, 6.07) is 30.2. The number of benzene rings is 3. The zero-order valence-corrected chi connectivity index (χ0v) is 14.6. The standard InChI is InChI=1S/C21H17BrN2/c22-19-14-8-7-13-18(19)20(15-23)24-21(16-9-3-1-4-10-16)17-11-5-2-6-12-17/h1-14,20-21,24H/t20-/m1/s1. The molecule has 0 saturated heterocycles. The van der Waals surface area contributed by atoms with E-state index in [9.17, 15) is 5.26 Å². The smallest absolute Gasteiger partial charge is 0.123 e. The second kappa shape index (κ2) is 7.92. The fourth-order valence-corrected chi connectivity index (χ4v) is 3.26. The SMILES string of the molecule is N#C[C@@H](NC(c1ccccc1)c1ccccc1)c1ccccc1Br. The van der Waals surface area contributed by atoms with Gasteiger partial charge in [-0.1, -0.05) is 94.8 Å². The molecule has 1 N–H and O–H groups in total. The Labute approximate surface area is 150 Å². The van der Waals surface area contributed by atoms with Crippen molar-refractivity contribution in [1.82, 2.24) is 5.32 Å². The van der Waals surface area contributed by atoms with Crippen LogP contribution in [0.5, 0.6) is 0 Å². The van der Waals surface area contributed by atoms with E-state index in [2.05, 4.69) is 51.6 Å². The summed E-state index contributed by atoms with van der Waals surface area (Å²) in [4.78, 5) is 0. The lowest BCUT2D eigenvalue weighted by atomic mass is 9.96. The van der Waals surface area contributed by atoms with Gasteiger partial charge in [-0.2, -0.15) is 5.26 Å². The molecule has 1 atom stereocenters. The molecule has 3 rings (SSSR count). The lowest BCUT2D eigenvalue weighted by Gasteiger charge is -2.24. The molecule has 3 aromatic carbocycles. The molecule has 0 saturated carbocycles. The maximum absolute atomic E-state index is 9.71. The maximum Gasteiger partial charge on any atom is 0.123 e. The Morgan fingerprint density at radius 2 is 1.25 bits per heavy atom. The van der Waals surface area contributed by atoms with Gasteiger partial charge in [0.2, 0.25) is 0 Å². The van der Waals surface area contributed by atoms with E-state index in [1.165, 1.54) is 0 Å². The van der Waals surface area contributed by atoms with Crippen LogP contribution in [0.25, 0.3) is 0 Å². The fraction of sp³-hybridized carbons (Fsp3) is 0.0952. The fourth-order valence-electron chi connectivity index (χ4n) is 2.75. The van der Waals surface area contributed by atoms with E-state index in [4.69, 9.17) is 0 Å². The van der Waals surface area contributed by atoms with Crippen molar-refractivity contribution in [1.29, 1.82) is 5.26 Å². The molecule has 24 heavy (non-hydrogen) atoms. The van der Waals surface area contributed by atoms with E-state index in [0.717, 1.165) is 21.2 Å². The lowest BCUT2D eigenvalue weighted by molar-refractivity contribution is 0.558. The van der Waals surface area contributed by atoms with Crippen LogP contribution in [0.2, 0.25) is 0 Å². The van der Waals surface area contributed by atoms with Gasteiger partial charge in [-0.05, 0) is 22.8 Å². The predicted molar refractivity (Wildman–Crippen MR) is 100 cm³/mol. The normalized spacial score (nSPS) is 11.9. The summed E-state index contributed by atoms with van der Waals surface area (Å²) >= 11 is 3.55. The molecule has 0 aliphatic heterocycles. The topological polar surface area (TPSA) is 35.8 Å². The number of nitrogens with one attached hydrogen (secondary N) is 1. The first-order valence-corrected chi connectivity index (χ1v) is 8.59. The van der Waals surface area contributed by atoms with Gasteiger partial charge in [0.15, 0.2) is 0 Å². The molecule has 0 amide bonds. The van der Waals surface area contributed by atoms with E-state index in [0.29, 0.717) is 0 Å². The van der Waals surface area contributed by atoms with E-state index in [-0.39, 0.29) is 6.04 Å². The maximum atomic E-state index is 9.71. The minimum Gasteiger partial charge on any atom is -0.287 e. The second-order valence-corrected chi connectivity index (χ2v) is 6.36. The quantitative estimate of drug-likeness (QED) is 0.647. The number of nitriles is 1. The minimum absolute atomic E-state index is 0.0517. The Morgan fingerprint density at radius 3 is 1.75 bits per heavy atom. The average molecular weight is 377 g/mol. The highest BCUT2D eigenvalue weighted by atomic mass is 79.9. The Kier molecular flexibility index (Phi) is 5.43. The van der Waals surface area contributed by atoms with Crippen molar-refractivity contribution in [2.75, 3.05) is 0 Å². The van der Waals surface area contributed by atoms with Gasteiger partial charge in [-0.25, -0.2) is 0 Å². The van der Waals surface area contributed by atoms with Gasteiger partial charge in [0.1, 0.15) is 6.04 Å². The summed E-state index contributed by atoms with van der Waals surface area (Å²) in [5, 5.41) is 13.2. The van der Waals surface area contributed by atoms with Crippen molar-refractivity contribution in [3.8, 4) is 6.07 Å². The van der Waals surface area contributed by atoms with Crippen molar-refractivity contribution >= 4 is 15.9 Å². The number of nitrogens with zero attached hydrogens (tertiary/aromatic N) is 1. The number of halogens is 1. The molecule has 3 aromatic rings. The van der Waals surface area contributed by atoms with Gasteiger partial charge in [0, 0.05) is 4.47 Å². The third kappa shape index (κ3) is 3.73. The molecule has 2 nitrogen and oxygen atoms in total. The summed E-state index contributed by atoms with van der Waals surface area (Å²) < 4.78 is 0.934. The molecule has 0 unspecified atom stereocenters. The monoisotopic (exact) mass is 376 g/mol. The molecule has 0 heterocycles. The number of hydrogen-bond acceptors (Lipinski definition) is 2. The predicted octanol–water partition coefficient (Wildman–Crippen LogP) is 5.39. The summed E-state index contributed by atoms with van der Waals surface area (Å²) in [6.45, 7) is 0. The highest BCUT2D eigenvalue weighted by Crippen LogP contribution is 2.28. The van der Waals surface area contributed by atoms with Crippen LogP contribution in [-0.2, 0) is 0 Å². The van der Waals surface area contributed by atoms with Gasteiger partial charge in [-0.15, -0.1) is 0 Å². The largest absolute Gasteiger partial charge is 0.287 e. The molecule has 0 aliphatic rings. The van der Waals surface area contributed by atoms with Gasteiger partial charge in [0.05, 0.1) is 12.1 Å². The van der Waals surface area contributed by atoms with Crippen molar-refractivity contribution < 1.29 is 0 Å². The molecule has 118 valence electrons. The molecule has 0 fully saturated rings. The summed E-state index contributed by atoms with van der Waals surface area (Å²) in [7, 11) is 0. The van der Waals surface area contributed by atoms with E-state index in [1.54, 1.807) is 0 Å². The zero-order chi connectivity index (χ0) is 16.8. The average Bonchev–Trinajstić information content (AvgIpc) is 2.65. The van der Waals surface area contributed by atoms with Crippen LogP contribution in [0, 0.1) is 11.3 Å². The third-order valence-corrected chi connectivity index (χ3v) is 4.67.